The molecule has 0 aliphatic carbocycles. The Morgan fingerprint density at radius 1 is 1.42 bits per heavy atom. The molecule has 0 spiro atoms. The van der Waals surface area contributed by atoms with Gasteiger partial charge in [-0.05, 0) is 12.5 Å². The summed E-state index contributed by atoms with van der Waals surface area (Å²) < 4.78 is 5.70. The Balaban J connectivity index is 1.86. The van der Waals surface area contributed by atoms with Crippen molar-refractivity contribution < 1.29 is 4.74 Å². The van der Waals surface area contributed by atoms with E-state index in [-0.39, 0.29) is 0 Å². The highest BCUT2D eigenvalue weighted by atomic mass is 32.1. The van der Waals surface area contributed by atoms with Crippen molar-refractivity contribution >= 4 is 28.5 Å². The number of ether oxygens (including phenoxy) is 1. The average Bonchev–Trinajstić information content (AvgIpc) is 2.80. The number of aromatic nitrogens is 1. The van der Waals surface area contributed by atoms with Crippen LogP contribution in [0.2, 0.25) is 0 Å². The van der Waals surface area contributed by atoms with Crippen LogP contribution >= 0.6 is 23.6 Å². The summed E-state index contributed by atoms with van der Waals surface area (Å²) >= 11 is 6.70. The maximum absolute atomic E-state index is 5.70. The van der Waals surface area contributed by atoms with Crippen LogP contribution in [0.1, 0.15) is 21.7 Å². The third-order valence-electron chi connectivity index (χ3n) is 2.86. The van der Waals surface area contributed by atoms with Gasteiger partial charge in [-0.25, -0.2) is 4.98 Å². The minimum absolute atomic E-state index is 0.414. The van der Waals surface area contributed by atoms with Crippen LogP contribution in [0.4, 0.5) is 0 Å². The lowest BCUT2D eigenvalue weighted by Gasteiger charge is -2.08. The Morgan fingerprint density at radius 3 is 2.89 bits per heavy atom. The van der Waals surface area contributed by atoms with E-state index in [1.54, 1.807) is 11.3 Å². The number of hydrogen-bond donors (Lipinski definition) is 1. The lowest BCUT2D eigenvalue weighted by Crippen LogP contribution is -2.13. The molecule has 1 aromatic carbocycles. The topological polar surface area (TPSA) is 48.1 Å². The van der Waals surface area contributed by atoms with E-state index in [4.69, 9.17) is 22.7 Å². The molecular weight excluding hydrogens is 276 g/mol. The average molecular weight is 292 g/mol. The second kappa shape index (κ2) is 6.75. The van der Waals surface area contributed by atoms with E-state index in [1.165, 1.54) is 4.88 Å². The summed E-state index contributed by atoms with van der Waals surface area (Å²) in [6, 6.07) is 7.81. The van der Waals surface area contributed by atoms with Crippen LogP contribution in [-0.4, -0.2) is 16.6 Å². The molecule has 2 N–H and O–H groups in total. The first-order chi connectivity index (χ1) is 9.18. The van der Waals surface area contributed by atoms with Gasteiger partial charge in [0.2, 0.25) is 0 Å². The van der Waals surface area contributed by atoms with Crippen LogP contribution in [-0.2, 0) is 17.8 Å². The van der Waals surface area contributed by atoms with Gasteiger partial charge in [0.05, 0.1) is 24.4 Å². The molecule has 2 aromatic rings. The van der Waals surface area contributed by atoms with Gasteiger partial charge in [0, 0.05) is 16.9 Å². The Bertz CT molecular complexity index is 566. The van der Waals surface area contributed by atoms with Crippen molar-refractivity contribution in [3.8, 4) is 0 Å². The molecule has 0 unspecified atom stereocenters. The predicted molar refractivity (Wildman–Crippen MR) is 82.5 cm³/mol. The van der Waals surface area contributed by atoms with Crippen LogP contribution in [0.3, 0.4) is 0 Å². The SMILES string of the molecule is Cc1ncsc1CCOCc1ccccc1C(N)=S. The van der Waals surface area contributed by atoms with Crippen LogP contribution in [0, 0.1) is 6.92 Å². The Labute approximate surface area is 122 Å². The zero-order valence-corrected chi connectivity index (χ0v) is 12.4. The molecule has 2 rings (SSSR count). The summed E-state index contributed by atoms with van der Waals surface area (Å²) in [6.45, 7) is 3.23. The van der Waals surface area contributed by atoms with Gasteiger partial charge < -0.3 is 10.5 Å². The molecule has 100 valence electrons. The number of thiocarbonyl (C=S) groups is 1. The van der Waals surface area contributed by atoms with Gasteiger partial charge in [-0.1, -0.05) is 36.5 Å². The van der Waals surface area contributed by atoms with Gasteiger partial charge >= 0.3 is 0 Å². The van der Waals surface area contributed by atoms with E-state index in [0.717, 1.165) is 23.2 Å². The summed E-state index contributed by atoms with van der Waals surface area (Å²) in [5, 5.41) is 0. The zero-order valence-electron chi connectivity index (χ0n) is 10.8. The van der Waals surface area contributed by atoms with Crippen molar-refractivity contribution in [1.29, 1.82) is 0 Å². The maximum atomic E-state index is 5.70. The van der Waals surface area contributed by atoms with Crippen LogP contribution in [0.5, 0.6) is 0 Å². The lowest BCUT2D eigenvalue weighted by molar-refractivity contribution is 0.124. The summed E-state index contributed by atoms with van der Waals surface area (Å²) in [7, 11) is 0. The summed E-state index contributed by atoms with van der Waals surface area (Å²) in [5.74, 6) is 0. The smallest absolute Gasteiger partial charge is 0.104 e. The molecule has 1 aromatic heterocycles. The standard InChI is InChI=1S/C14H16N2OS2/c1-10-13(19-9-16-10)6-7-17-8-11-4-2-3-5-12(11)14(15)18/h2-5,9H,6-8H2,1H3,(H2,15,18). The molecular formula is C14H16N2OS2. The fraction of sp³-hybridized carbons (Fsp3) is 0.286. The van der Waals surface area contributed by atoms with E-state index >= 15 is 0 Å². The highest BCUT2D eigenvalue weighted by Crippen LogP contribution is 2.14. The van der Waals surface area contributed by atoms with Gasteiger partial charge in [-0.2, -0.15) is 0 Å². The Morgan fingerprint density at radius 2 is 2.21 bits per heavy atom. The van der Waals surface area contributed by atoms with Crippen molar-refractivity contribution in [2.24, 2.45) is 5.73 Å². The number of nitrogens with zero attached hydrogens (tertiary/aromatic N) is 1. The summed E-state index contributed by atoms with van der Waals surface area (Å²) in [5.41, 5.74) is 10.6. The molecule has 0 aliphatic rings. The monoisotopic (exact) mass is 292 g/mol. The van der Waals surface area contributed by atoms with Gasteiger partial charge in [0.25, 0.3) is 0 Å². The second-order valence-electron chi connectivity index (χ2n) is 4.18. The van der Waals surface area contributed by atoms with Crippen molar-refractivity contribution in [1.82, 2.24) is 4.98 Å². The maximum Gasteiger partial charge on any atom is 0.104 e. The highest BCUT2D eigenvalue weighted by Gasteiger charge is 2.05. The van der Waals surface area contributed by atoms with Gasteiger partial charge in [0.1, 0.15) is 4.99 Å². The third kappa shape index (κ3) is 3.83. The molecule has 3 nitrogen and oxygen atoms in total. The minimum atomic E-state index is 0.414. The van der Waals surface area contributed by atoms with E-state index in [2.05, 4.69) is 4.98 Å². The quantitative estimate of drug-likeness (QED) is 0.657. The minimum Gasteiger partial charge on any atom is -0.389 e. The normalized spacial score (nSPS) is 10.6. The number of thiazole rings is 1. The third-order valence-corrected chi connectivity index (χ3v) is 4.07. The number of rotatable bonds is 6. The van der Waals surface area contributed by atoms with E-state index < -0.39 is 0 Å². The molecule has 5 heteroatoms. The van der Waals surface area contributed by atoms with Crippen molar-refractivity contribution in [3.63, 3.8) is 0 Å². The van der Waals surface area contributed by atoms with Crippen LogP contribution in [0.25, 0.3) is 0 Å². The molecule has 0 saturated carbocycles. The van der Waals surface area contributed by atoms with E-state index in [9.17, 15) is 0 Å². The zero-order chi connectivity index (χ0) is 13.7. The number of aryl methyl sites for hydroxylation is 1. The molecule has 0 saturated heterocycles. The fourth-order valence-electron chi connectivity index (χ4n) is 1.80. The first kappa shape index (κ1) is 14.1. The van der Waals surface area contributed by atoms with E-state index in [1.807, 2.05) is 36.7 Å². The number of nitrogens with two attached hydrogens (primary N) is 1. The Hall–Kier alpha value is -1.30. The van der Waals surface area contributed by atoms with Crippen LogP contribution < -0.4 is 5.73 Å². The van der Waals surface area contributed by atoms with Gasteiger partial charge in [-0.3, -0.25) is 0 Å². The summed E-state index contributed by atoms with van der Waals surface area (Å²) in [4.78, 5) is 5.91. The Kier molecular flexibility index (Phi) is 5.01. The largest absolute Gasteiger partial charge is 0.389 e. The van der Waals surface area contributed by atoms with Crippen LogP contribution in [0.15, 0.2) is 29.8 Å². The van der Waals surface area contributed by atoms with Crippen molar-refractivity contribution in [3.05, 3.63) is 51.5 Å². The summed E-state index contributed by atoms with van der Waals surface area (Å²) in [6.07, 6.45) is 0.895. The fourth-order valence-corrected chi connectivity index (χ4v) is 2.76. The van der Waals surface area contributed by atoms with Gasteiger partial charge in [0.15, 0.2) is 0 Å². The molecule has 0 atom stereocenters. The molecule has 0 amide bonds. The van der Waals surface area contributed by atoms with Crippen molar-refractivity contribution in [2.75, 3.05) is 6.61 Å². The first-order valence-electron chi connectivity index (χ1n) is 6.03. The molecule has 0 bridgehead atoms. The molecule has 1 heterocycles. The first-order valence-corrected chi connectivity index (χ1v) is 7.31. The second-order valence-corrected chi connectivity index (χ2v) is 5.56. The molecule has 19 heavy (non-hydrogen) atoms. The predicted octanol–water partition coefficient (Wildman–Crippen LogP) is 2.85. The highest BCUT2D eigenvalue weighted by molar-refractivity contribution is 7.80. The molecule has 0 radical (unpaired) electrons. The molecule has 0 aliphatic heterocycles. The number of benzene rings is 1. The molecule has 0 fully saturated rings. The van der Waals surface area contributed by atoms with E-state index in [0.29, 0.717) is 18.2 Å². The van der Waals surface area contributed by atoms with Gasteiger partial charge in [-0.15, -0.1) is 11.3 Å². The van der Waals surface area contributed by atoms with Crippen molar-refractivity contribution in [2.45, 2.75) is 20.0 Å². The number of hydrogen-bond acceptors (Lipinski definition) is 4. The lowest BCUT2D eigenvalue weighted by atomic mass is 10.1.